The molecule has 7 nitrogen and oxygen atoms in total. The second-order valence-electron chi connectivity index (χ2n) is 7.13. The van der Waals surface area contributed by atoms with Crippen molar-refractivity contribution < 1.29 is 23.4 Å². The molecular formula is C21H19ClF2N4O3. The standard InChI is InChI=1S/C21H19ClF2N4O3/c1-31-21(24)5-2-3-13(9-21)17(11-29)26-20(30)28-6-4-12-7-14(16(23)8-18(12)28)15-10-25-27-19(15)22/h2-8,10,17,29H,9,11H2,1H3,(H,25,27)(H,26,30). The maximum absolute atomic E-state index is 14.8. The lowest BCUT2D eigenvalue weighted by molar-refractivity contribution is -0.0799. The number of hydrogen-bond acceptors (Lipinski definition) is 4. The molecule has 0 radical (unpaired) electrons. The number of halogens is 3. The molecule has 10 heteroatoms. The van der Waals surface area contributed by atoms with Gasteiger partial charge in [-0.3, -0.25) is 9.67 Å². The van der Waals surface area contributed by atoms with Gasteiger partial charge in [0.2, 0.25) is 5.85 Å². The third-order valence-electron chi connectivity index (χ3n) is 5.25. The van der Waals surface area contributed by atoms with Crippen molar-refractivity contribution in [2.75, 3.05) is 13.7 Å². The van der Waals surface area contributed by atoms with Crippen molar-refractivity contribution in [3.63, 3.8) is 0 Å². The van der Waals surface area contributed by atoms with Crippen LogP contribution in [0.2, 0.25) is 5.15 Å². The molecular weight excluding hydrogens is 430 g/mol. The molecule has 1 aromatic carbocycles. The van der Waals surface area contributed by atoms with E-state index >= 15 is 0 Å². The highest BCUT2D eigenvalue weighted by atomic mass is 35.5. The van der Waals surface area contributed by atoms with E-state index in [-0.39, 0.29) is 17.1 Å². The van der Waals surface area contributed by atoms with E-state index in [1.165, 1.54) is 42.3 Å². The lowest BCUT2D eigenvalue weighted by Crippen LogP contribution is -2.43. The molecule has 4 rings (SSSR count). The average Bonchev–Trinajstić information content (AvgIpc) is 3.37. The number of aliphatic hydroxyl groups is 1. The van der Waals surface area contributed by atoms with Gasteiger partial charge in [0, 0.05) is 36.2 Å². The molecule has 0 bridgehead atoms. The largest absolute Gasteiger partial charge is 0.394 e. The summed E-state index contributed by atoms with van der Waals surface area (Å²) in [6.07, 6.45) is 7.12. The van der Waals surface area contributed by atoms with Gasteiger partial charge >= 0.3 is 6.03 Å². The number of alkyl halides is 1. The molecule has 31 heavy (non-hydrogen) atoms. The van der Waals surface area contributed by atoms with Crippen LogP contribution in [0.1, 0.15) is 6.42 Å². The van der Waals surface area contributed by atoms with E-state index in [0.29, 0.717) is 22.0 Å². The second kappa shape index (κ2) is 8.26. The quantitative estimate of drug-likeness (QED) is 0.551. The summed E-state index contributed by atoms with van der Waals surface area (Å²) in [7, 11) is 1.24. The van der Waals surface area contributed by atoms with E-state index in [2.05, 4.69) is 15.5 Å². The number of allylic oxidation sites excluding steroid dienone is 2. The number of aromatic amines is 1. The minimum absolute atomic E-state index is 0.138. The van der Waals surface area contributed by atoms with Crippen molar-refractivity contribution in [3.8, 4) is 11.1 Å². The Balaban J connectivity index is 1.61. The van der Waals surface area contributed by atoms with Crippen molar-refractivity contribution in [2.45, 2.75) is 18.3 Å². The normalized spacial score (nSPS) is 19.5. The highest BCUT2D eigenvalue weighted by molar-refractivity contribution is 6.32. The predicted octanol–water partition coefficient (Wildman–Crippen LogP) is 3.94. The van der Waals surface area contributed by atoms with E-state index in [0.717, 1.165) is 0 Å². The van der Waals surface area contributed by atoms with Gasteiger partial charge in [-0.25, -0.2) is 13.6 Å². The summed E-state index contributed by atoms with van der Waals surface area (Å²) in [5.41, 5.74) is 1.44. The molecule has 2 atom stereocenters. The summed E-state index contributed by atoms with van der Waals surface area (Å²) >= 11 is 6.01. The number of nitrogens with one attached hydrogen (secondary N) is 2. The van der Waals surface area contributed by atoms with Crippen LogP contribution in [0.25, 0.3) is 22.0 Å². The van der Waals surface area contributed by atoms with Crippen LogP contribution < -0.4 is 5.32 Å². The van der Waals surface area contributed by atoms with Gasteiger partial charge in [0.25, 0.3) is 0 Å². The minimum atomic E-state index is -2.00. The van der Waals surface area contributed by atoms with Gasteiger partial charge < -0.3 is 15.2 Å². The number of rotatable bonds is 5. The maximum atomic E-state index is 14.8. The zero-order chi connectivity index (χ0) is 22.2. The molecule has 2 aromatic heterocycles. The van der Waals surface area contributed by atoms with Gasteiger partial charge in [0.15, 0.2) is 0 Å². The number of aromatic nitrogens is 3. The molecule has 2 heterocycles. The maximum Gasteiger partial charge on any atom is 0.326 e. The fraction of sp³-hybridized carbons (Fsp3) is 0.238. The van der Waals surface area contributed by atoms with Crippen LogP contribution in [0.4, 0.5) is 13.6 Å². The number of nitrogens with zero attached hydrogens (tertiary/aromatic N) is 2. The SMILES string of the molecule is COC1(F)C=CC=C(C(CO)NC(=O)n2ccc3cc(-c4cn[nH]c4Cl)c(F)cc32)C1. The van der Waals surface area contributed by atoms with Crippen LogP contribution in [0.3, 0.4) is 0 Å². The monoisotopic (exact) mass is 448 g/mol. The topological polar surface area (TPSA) is 92.2 Å². The first-order valence-electron chi connectivity index (χ1n) is 9.39. The Morgan fingerprint density at radius 2 is 2.29 bits per heavy atom. The van der Waals surface area contributed by atoms with Gasteiger partial charge in [-0.05, 0) is 29.8 Å². The highest BCUT2D eigenvalue weighted by Crippen LogP contribution is 2.32. The number of hydrogen-bond donors (Lipinski definition) is 3. The number of fused-ring (bicyclic) bond motifs is 1. The third kappa shape index (κ3) is 3.99. The summed E-state index contributed by atoms with van der Waals surface area (Å²) in [6, 6.07) is 3.01. The summed E-state index contributed by atoms with van der Waals surface area (Å²) < 4.78 is 35.3. The van der Waals surface area contributed by atoms with Crippen LogP contribution in [0, 0.1) is 5.82 Å². The van der Waals surface area contributed by atoms with Crippen molar-refractivity contribution >= 4 is 28.5 Å². The van der Waals surface area contributed by atoms with Crippen molar-refractivity contribution in [2.24, 2.45) is 0 Å². The van der Waals surface area contributed by atoms with Crippen LogP contribution in [-0.2, 0) is 4.74 Å². The Morgan fingerprint density at radius 1 is 1.48 bits per heavy atom. The summed E-state index contributed by atoms with van der Waals surface area (Å²) in [4.78, 5) is 12.9. The zero-order valence-electron chi connectivity index (χ0n) is 16.4. The number of amides is 1. The van der Waals surface area contributed by atoms with Gasteiger partial charge in [0.1, 0.15) is 11.0 Å². The molecule has 3 aromatic rings. The summed E-state index contributed by atoms with van der Waals surface area (Å²) in [5.74, 6) is -2.58. The lowest BCUT2D eigenvalue weighted by atomic mass is 9.95. The van der Waals surface area contributed by atoms with E-state index < -0.39 is 30.4 Å². The number of methoxy groups -OCH3 is 1. The molecule has 0 aliphatic heterocycles. The first-order chi connectivity index (χ1) is 14.8. The molecule has 0 saturated carbocycles. The summed E-state index contributed by atoms with van der Waals surface area (Å²) in [6.45, 7) is -0.443. The third-order valence-corrected chi connectivity index (χ3v) is 5.54. The zero-order valence-corrected chi connectivity index (χ0v) is 17.2. The molecule has 1 aliphatic carbocycles. The molecule has 1 aliphatic rings. The first-order valence-corrected chi connectivity index (χ1v) is 9.77. The smallest absolute Gasteiger partial charge is 0.326 e. The number of H-pyrrole nitrogens is 1. The Bertz CT molecular complexity index is 1200. The van der Waals surface area contributed by atoms with Crippen LogP contribution in [0.15, 0.2) is 54.4 Å². The molecule has 0 spiro atoms. The number of ether oxygens (including phenoxy) is 1. The fourth-order valence-electron chi connectivity index (χ4n) is 3.56. The van der Waals surface area contributed by atoms with E-state index in [1.54, 1.807) is 18.2 Å². The summed E-state index contributed by atoms with van der Waals surface area (Å²) in [5, 5.41) is 19.6. The van der Waals surface area contributed by atoms with Crippen molar-refractivity contribution in [1.29, 1.82) is 0 Å². The molecule has 0 saturated heterocycles. The highest BCUT2D eigenvalue weighted by Gasteiger charge is 2.32. The van der Waals surface area contributed by atoms with Crippen LogP contribution >= 0.6 is 11.6 Å². The minimum Gasteiger partial charge on any atom is -0.394 e. The van der Waals surface area contributed by atoms with Crippen LogP contribution in [0.5, 0.6) is 0 Å². The second-order valence-corrected chi connectivity index (χ2v) is 7.50. The molecule has 162 valence electrons. The van der Waals surface area contributed by atoms with Gasteiger partial charge in [0.05, 0.1) is 24.4 Å². The number of benzene rings is 1. The molecule has 2 unspecified atom stereocenters. The predicted molar refractivity (Wildman–Crippen MR) is 112 cm³/mol. The van der Waals surface area contributed by atoms with Crippen LogP contribution in [-0.4, -0.2) is 51.5 Å². The number of carbonyl (C=O) groups excluding carboxylic acids is 1. The fourth-order valence-corrected chi connectivity index (χ4v) is 3.76. The van der Waals surface area contributed by atoms with E-state index in [9.17, 15) is 18.7 Å². The Labute approximate surface area is 181 Å². The van der Waals surface area contributed by atoms with E-state index in [4.69, 9.17) is 16.3 Å². The first kappa shape index (κ1) is 21.2. The van der Waals surface area contributed by atoms with Gasteiger partial charge in [-0.15, -0.1) is 0 Å². The number of carbonyl (C=O) groups is 1. The Hall–Kier alpha value is -3.01. The number of aliphatic hydroxyl groups excluding tert-OH is 1. The average molecular weight is 449 g/mol. The molecule has 0 fully saturated rings. The molecule has 1 amide bonds. The lowest BCUT2D eigenvalue weighted by Gasteiger charge is -2.28. The van der Waals surface area contributed by atoms with E-state index in [1.807, 2.05) is 0 Å². The van der Waals surface area contributed by atoms with Gasteiger partial charge in [-0.1, -0.05) is 23.8 Å². The van der Waals surface area contributed by atoms with Crippen molar-refractivity contribution in [3.05, 3.63) is 65.4 Å². The van der Waals surface area contributed by atoms with Gasteiger partial charge in [-0.2, -0.15) is 5.10 Å². The van der Waals surface area contributed by atoms with Crippen molar-refractivity contribution in [1.82, 2.24) is 20.1 Å². The Kier molecular flexibility index (Phi) is 5.65. The Morgan fingerprint density at radius 3 is 2.97 bits per heavy atom. The molecule has 3 N–H and O–H groups in total.